The highest BCUT2D eigenvalue weighted by atomic mass is 35.5. The number of anilines is 1. The van der Waals surface area contributed by atoms with Crippen LogP contribution in [0.1, 0.15) is 24.1 Å². The SMILES string of the molecule is Cc1ccc(NC(C)c2ccc(Cl)c(Cl)c2)cc1[N+](=O)[O-]. The van der Waals surface area contributed by atoms with Crippen LogP contribution in [0.15, 0.2) is 36.4 Å². The lowest BCUT2D eigenvalue weighted by Crippen LogP contribution is -2.07. The van der Waals surface area contributed by atoms with Crippen molar-refractivity contribution in [3.63, 3.8) is 0 Å². The van der Waals surface area contributed by atoms with Gasteiger partial charge in [-0.25, -0.2) is 0 Å². The molecule has 110 valence electrons. The number of nitrogens with zero attached hydrogens (tertiary/aromatic N) is 1. The van der Waals surface area contributed by atoms with Gasteiger partial charge in [-0.2, -0.15) is 0 Å². The zero-order valence-corrected chi connectivity index (χ0v) is 13.1. The van der Waals surface area contributed by atoms with Crippen LogP contribution in [0, 0.1) is 17.0 Å². The monoisotopic (exact) mass is 324 g/mol. The van der Waals surface area contributed by atoms with Gasteiger partial charge >= 0.3 is 0 Å². The van der Waals surface area contributed by atoms with E-state index in [0.29, 0.717) is 21.3 Å². The minimum absolute atomic E-state index is 0.0536. The minimum atomic E-state index is -0.385. The lowest BCUT2D eigenvalue weighted by Gasteiger charge is -2.16. The highest BCUT2D eigenvalue weighted by molar-refractivity contribution is 6.42. The Labute approximate surface area is 132 Å². The average molecular weight is 325 g/mol. The lowest BCUT2D eigenvalue weighted by atomic mass is 10.1. The Morgan fingerprint density at radius 2 is 1.86 bits per heavy atom. The third kappa shape index (κ3) is 3.65. The van der Waals surface area contributed by atoms with Crippen molar-refractivity contribution >= 4 is 34.6 Å². The molecule has 1 N–H and O–H groups in total. The summed E-state index contributed by atoms with van der Waals surface area (Å²) in [5.74, 6) is 0. The first kappa shape index (κ1) is 15.6. The maximum absolute atomic E-state index is 11.0. The van der Waals surface area contributed by atoms with Gasteiger partial charge < -0.3 is 5.32 Å². The Kier molecular flexibility index (Phi) is 4.70. The fourth-order valence-corrected chi connectivity index (χ4v) is 2.32. The summed E-state index contributed by atoms with van der Waals surface area (Å²) in [5.41, 5.74) is 2.37. The van der Waals surface area contributed by atoms with Crippen LogP contribution in [0.2, 0.25) is 10.0 Å². The number of aryl methyl sites for hydroxylation is 1. The van der Waals surface area contributed by atoms with Gasteiger partial charge in [0.25, 0.3) is 5.69 Å². The molecule has 0 aromatic heterocycles. The van der Waals surface area contributed by atoms with Crippen LogP contribution in [0.3, 0.4) is 0 Å². The molecule has 0 amide bonds. The molecule has 0 saturated heterocycles. The van der Waals surface area contributed by atoms with Crippen LogP contribution in [-0.2, 0) is 0 Å². The standard InChI is InChI=1S/C15H14Cl2N2O2/c1-9-3-5-12(8-15(9)19(20)21)18-10(2)11-4-6-13(16)14(17)7-11/h3-8,10,18H,1-2H3. The molecule has 0 bridgehead atoms. The molecule has 1 atom stereocenters. The summed E-state index contributed by atoms with van der Waals surface area (Å²) in [5, 5.41) is 15.2. The zero-order chi connectivity index (χ0) is 15.6. The summed E-state index contributed by atoms with van der Waals surface area (Å²) in [6.07, 6.45) is 0. The van der Waals surface area contributed by atoms with Crippen molar-refractivity contribution in [3.05, 3.63) is 67.7 Å². The second-order valence-electron chi connectivity index (χ2n) is 4.80. The number of hydrogen-bond donors (Lipinski definition) is 1. The van der Waals surface area contributed by atoms with E-state index in [1.54, 1.807) is 25.1 Å². The van der Waals surface area contributed by atoms with Crippen molar-refractivity contribution in [2.24, 2.45) is 0 Å². The molecule has 0 fully saturated rings. The van der Waals surface area contributed by atoms with Crippen molar-refractivity contribution in [1.29, 1.82) is 0 Å². The summed E-state index contributed by atoms with van der Waals surface area (Å²) in [6.45, 7) is 3.66. The number of nitro groups is 1. The summed E-state index contributed by atoms with van der Waals surface area (Å²) < 4.78 is 0. The van der Waals surface area contributed by atoms with E-state index in [2.05, 4.69) is 5.32 Å². The van der Waals surface area contributed by atoms with Crippen LogP contribution in [0.5, 0.6) is 0 Å². The van der Waals surface area contributed by atoms with Crippen molar-refractivity contribution in [1.82, 2.24) is 0 Å². The summed E-state index contributed by atoms with van der Waals surface area (Å²) in [4.78, 5) is 10.6. The van der Waals surface area contributed by atoms with E-state index in [1.165, 1.54) is 6.07 Å². The lowest BCUT2D eigenvalue weighted by molar-refractivity contribution is -0.385. The van der Waals surface area contributed by atoms with Crippen LogP contribution in [-0.4, -0.2) is 4.92 Å². The molecule has 0 saturated carbocycles. The first-order chi connectivity index (χ1) is 9.88. The third-order valence-corrected chi connectivity index (χ3v) is 3.97. The Morgan fingerprint density at radius 1 is 1.14 bits per heavy atom. The molecule has 2 aromatic rings. The van der Waals surface area contributed by atoms with Gasteiger partial charge in [-0.05, 0) is 37.6 Å². The summed E-state index contributed by atoms with van der Waals surface area (Å²) >= 11 is 11.9. The largest absolute Gasteiger partial charge is 0.378 e. The van der Waals surface area contributed by atoms with Gasteiger partial charge in [0.15, 0.2) is 0 Å². The predicted molar refractivity (Wildman–Crippen MR) is 86.3 cm³/mol. The first-order valence-corrected chi connectivity index (χ1v) is 7.10. The number of nitro benzene ring substituents is 1. The minimum Gasteiger partial charge on any atom is -0.378 e. The number of halogens is 2. The molecule has 0 aliphatic rings. The van der Waals surface area contributed by atoms with E-state index in [0.717, 1.165) is 5.56 Å². The van der Waals surface area contributed by atoms with Crippen molar-refractivity contribution in [2.45, 2.75) is 19.9 Å². The molecule has 2 aromatic carbocycles. The van der Waals surface area contributed by atoms with Gasteiger partial charge in [0.05, 0.1) is 15.0 Å². The van der Waals surface area contributed by atoms with E-state index in [1.807, 2.05) is 19.1 Å². The fourth-order valence-electron chi connectivity index (χ4n) is 2.01. The summed E-state index contributed by atoms with van der Waals surface area (Å²) in [7, 11) is 0. The van der Waals surface area contributed by atoms with Gasteiger partial charge in [-0.1, -0.05) is 35.3 Å². The maximum atomic E-state index is 11.0. The van der Waals surface area contributed by atoms with Gasteiger partial charge in [-0.15, -0.1) is 0 Å². The Bertz CT molecular complexity index is 689. The van der Waals surface area contributed by atoms with E-state index in [-0.39, 0.29) is 16.7 Å². The second kappa shape index (κ2) is 6.33. The molecular formula is C15H14Cl2N2O2. The van der Waals surface area contributed by atoms with E-state index in [4.69, 9.17) is 23.2 Å². The molecule has 1 unspecified atom stereocenters. The van der Waals surface area contributed by atoms with Gasteiger partial charge in [0.2, 0.25) is 0 Å². The Hall–Kier alpha value is -1.78. The third-order valence-electron chi connectivity index (χ3n) is 3.23. The average Bonchev–Trinajstić information content (AvgIpc) is 2.43. The number of rotatable bonds is 4. The van der Waals surface area contributed by atoms with Crippen LogP contribution in [0.25, 0.3) is 0 Å². The van der Waals surface area contributed by atoms with E-state index in [9.17, 15) is 10.1 Å². The quantitative estimate of drug-likeness (QED) is 0.606. The molecule has 0 aliphatic carbocycles. The first-order valence-electron chi connectivity index (χ1n) is 6.35. The highest BCUT2D eigenvalue weighted by Crippen LogP contribution is 2.29. The highest BCUT2D eigenvalue weighted by Gasteiger charge is 2.13. The van der Waals surface area contributed by atoms with Gasteiger partial charge in [0.1, 0.15) is 0 Å². The Morgan fingerprint density at radius 3 is 2.48 bits per heavy atom. The van der Waals surface area contributed by atoms with E-state index >= 15 is 0 Å². The molecule has 0 radical (unpaired) electrons. The molecule has 6 heteroatoms. The number of nitrogens with one attached hydrogen (secondary N) is 1. The van der Waals surface area contributed by atoms with Crippen LogP contribution < -0.4 is 5.32 Å². The molecule has 0 spiro atoms. The maximum Gasteiger partial charge on any atom is 0.274 e. The van der Waals surface area contributed by atoms with E-state index < -0.39 is 0 Å². The van der Waals surface area contributed by atoms with Crippen molar-refractivity contribution < 1.29 is 4.92 Å². The topological polar surface area (TPSA) is 55.2 Å². The molecular weight excluding hydrogens is 311 g/mol. The molecule has 0 aliphatic heterocycles. The predicted octanol–water partition coefficient (Wildman–Crippen LogP) is 5.38. The number of benzene rings is 2. The van der Waals surface area contributed by atoms with Crippen molar-refractivity contribution in [2.75, 3.05) is 5.32 Å². The summed E-state index contributed by atoms with van der Waals surface area (Å²) in [6, 6.07) is 10.4. The van der Waals surface area contributed by atoms with Crippen LogP contribution >= 0.6 is 23.2 Å². The van der Waals surface area contributed by atoms with Gasteiger partial charge in [-0.3, -0.25) is 10.1 Å². The Balaban J connectivity index is 2.23. The zero-order valence-electron chi connectivity index (χ0n) is 11.6. The van der Waals surface area contributed by atoms with Gasteiger partial charge in [0, 0.05) is 23.4 Å². The fraction of sp³-hybridized carbons (Fsp3) is 0.200. The molecule has 21 heavy (non-hydrogen) atoms. The van der Waals surface area contributed by atoms with Crippen molar-refractivity contribution in [3.8, 4) is 0 Å². The molecule has 0 heterocycles. The molecule has 4 nitrogen and oxygen atoms in total. The normalized spacial score (nSPS) is 12.0. The smallest absolute Gasteiger partial charge is 0.274 e. The number of hydrogen-bond acceptors (Lipinski definition) is 3. The molecule has 2 rings (SSSR count). The van der Waals surface area contributed by atoms with Crippen LogP contribution in [0.4, 0.5) is 11.4 Å². The second-order valence-corrected chi connectivity index (χ2v) is 5.61.